The predicted octanol–water partition coefficient (Wildman–Crippen LogP) is 3.16. The summed E-state index contributed by atoms with van der Waals surface area (Å²) in [7, 11) is 1.62. The molecule has 2 aromatic heterocycles. The minimum atomic E-state index is -1.07. The number of hydrogen-bond donors (Lipinski definition) is 1. The van der Waals surface area contributed by atoms with E-state index >= 15 is 0 Å². The molecule has 1 aromatic carbocycles. The number of aromatic nitrogens is 2. The number of benzene rings is 1. The summed E-state index contributed by atoms with van der Waals surface area (Å²) in [4.78, 5) is 31.5. The highest BCUT2D eigenvalue weighted by atomic mass is 35.5. The molecule has 0 spiro atoms. The molecule has 0 saturated heterocycles. The van der Waals surface area contributed by atoms with Crippen molar-refractivity contribution < 1.29 is 19.4 Å². The molecule has 0 bridgehead atoms. The SMILES string of the molecule is CCOc1c(Cl)ccc2c(=O)c3ccc(N(CC)CCOC)nc3n(CC(=O)O)c12. The Hall–Kier alpha value is -2.84. The first-order valence-electron chi connectivity index (χ1n) is 9.67. The molecule has 30 heavy (non-hydrogen) atoms. The molecular weight excluding hydrogens is 410 g/mol. The summed E-state index contributed by atoms with van der Waals surface area (Å²) in [5.41, 5.74) is 0.346. The molecule has 0 saturated carbocycles. The number of rotatable bonds is 9. The fourth-order valence-electron chi connectivity index (χ4n) is 3.45. The van der Waals surface area contributed by atoms with Crippen LogP contribution in [0.4, 0.5) is 5.82 Å². The molecule has 160 valence electrons. The molecule has 0 fully saturated rings. The molecule has 0 atom stereocenters. The zero-order valence-corrected chi connectivity index (χ0v) is 17.9. The van der Waals surface area contributed by atoms with Gasteiger partial charge in [-0.15, -0.1) is 0 Å². The lowest BCUT2D eigenvalue weighted by atomic mass is 10.1. The first kappa shape index (κ1) is 21.9. The Bertz CT molecular complexity index is 1150. The Morgan fingerprint density at radius 2 is 1.97 bits per heavy atom. The molecule has 8 nitrogen and oxygen atoms in total. The second-order valence-corrected chi connectivity index (χ2v) is 7.03. The van der Waals surface area contributed by atoms with E-state index in [4.69, 9.17) is 21.1 Å². The molecule has 9 heteroatoms. The number of ether oxygens (including phenoxy) is 2. The molecule has 1 N–H and O–H groups in total. The quantitative estimate of drug-likeness (QED) is 0.518. The number of carboxylic acid groups (broad SMARTS) is 1. The van der Waals surface area contributed by atoms with Crippen LogP contribution in [0.25, 0.3) is 21.9 Å². The third-order valence-corrected chi connectivity index (χ3v) is 5.11. The maximum Gasteiger partial charge on any atom is 0.323 e. The average molecular weight is 434 g/mol. The number of pyridine rings is 2. The number of aliphatic carboxylic acids is 1. The van der Waals surface area contributed by atoms with Crippen molar-refractivity contribution in [1.29, 1.82) is 0 Å². The Kier molecular flexibility index (Phi) is 6.79. The maximum atomic E-state index is 13.2. The van der Waals surface area contributed by atoms with Gasteiger partial charge in [-0.3, -0.25) is 9.59 Å². The molecule has 0 aliphatic carbocycles. The van der Waals surface area contributed by atoms with Crippen molar-refractivity contribution in [3.8, 4) is 5.75 Å². The molecule has 0 aliphatic heterocycles. The van der Waals surface area contributed by atoms with E-state index < -0.39 is 12.5 Å². The molecule has 0 unspecified atom stereocenters. The number of carboxylic acids is 1. The standard InChI is InChI=1S/C21H24ClN3O5/c1-4-24(10-11-29-3)16-9-7-14-19(28)13-6-8-15(22)20(30-5-2)18(13)25(12-17(26)27)21(14)23-16/h6-9H,4-5,10-12H2,1-3H3,(H,26,27). The van der Waals surface area contributed by atoms with Crippen LogP contribution in [0.5, 0.6) is 5.75 Å². The summed E-state index contributed by atoms with van der Waals surface area (Å²) in [5, 5.41) is 10.5. The van der Waals surface area contributed by atoms with Gasteiger partial charge < -0.3 is 24.0 Å². The van der Waals surface area contributed by atoms with Crippen LogP contribution >= 0.6 is 11.6 Å². The minimum Gasteiger partial charge on any atom is -0.490 e. The Labute approximate surface area is 178 Å². The predicted molar refractivity (Wildman–Crippen MR) is 117 cm³/mol. The van der Waals surface area contributed by atoms with Crippen molar-refractivity contribution in [2.75, 3.05) is 38.3 Å². The van der Waals surface area contributed by atoms with Crippen LogP contribution in [0.3, 0.4) is 0 Å². The molecule has 3 rings (SSSR count). The van der Waals surface area contributed by atoms with Crippen molar-refractivity contribution in [3.63, 3.8) is 0 Å². The number of likely N-dealkylation sites (N-methyl/N-ethyl adjacent to an activating group) is 1. The number of halogens is 1. The lowest BCUT2D eigenvalue weighted by Gasteiger charge is -2.23. The highest BCUT2D eigenvalue weighted by Crippen LogP contribution is 2.34. The van der Waals surface area contributed by atoms with E-state index in [0.717, 1.165) is 0 Å². The van der Waals surface area contributed by atoms with E-state index in [1.54, 1.807) is 38.3 Å². The van der Waals surface area contributed by atoms with Gasteiger partial charge in [0.2, 0.25) is 0 Å². The monoisotopic (exact) mass is 433 g/mol. The Morgan fingerprint density at radius 1 is 1.23 bits per heavy atom. The molecular formula is C21H24ClN3O5. The summed E-state index contributed by atoms with van der Waals surface area (Å²) >= 11 is 6.33. The number of methoxy groups -OCH3 is 1. The summed E-state index contributed by atoms with van der Waals surface area (Å²) in [6, 6.07) is 6.62. The normalized spacial score (nSPS) is 11.2. The zero-order chi connectivity index (χ0) is 21.8. The van der Waals surface area contributed by atoms with Crippen molar-refractivity contribution in [1.82, 2.24) is 9.55 Å². The van der Waals surface area contributed by atoms with Crippen molar-refractivity contribution >= 4 is 45.3 Å². The highest BCUT2D eigenvalue weighted by molar-refractivity contribution is 6.33. The van der Waals surface area contributed by atoms with Crippen LogP contribution in [0.2, 0.25) is 5.02 Å². The van der Waals surface area contributed by atoms with Gasteiger partial charge in [0.15, 0.2) is 11.2 Å². The second kappa shape index (κ2) is 9.32. The fourth-order valence-corrected chi connectivity index (χ4v) is 3.66. The topological polar surface area (TPSA) is 93.9 Å². The zero-order valence-electron chi connectivity index (χ0n) is 17.1. The van der Waals surface area contributed by atoms with Crippen LogP contribution < -0.4 is 15.1 Å². The molecule has 0 aliphatic rings. The van der Waals surface area contributed by atoms with Gasteiger partial charge in [-0.25, -0.2) is 4.98 Å². The molecule has 0 radical (unpaired) electrons. The van der Waals surface area contributed by atoms with Gasteiger partial charge >= 0.3 is 5.97 Å². The Balaban J connectivity index is 2.40. The number of carbonyl (C=O) groups is 1. The van der Waals surface area contributed by atoms with E-state index in [9.17, 15) is 14.7 Å². The van der Waals surface area contributed by atoms with Crippen molar-refractivity contribution in [2.24, 2.45) is 0 Å². The van der Waals surface area contributed by atoms with Gasteiger partial charge in [0, 0.05) is 20.2 Å². The number of nitrogens with zero attached hydrogens (tertiary/aromatic N) is 3. The van der Waals surface area contributed by atoms with Gasteiger partial charge in [0.25, 0.3) is 0 Å². The van der Waals surface area contributed by atoms with Gasteiger partial charge in [-0.1, -0.05) is 11.6 Å². The van der Waals surface area contributed by atoms with Gasteiger partial charge in [-0.05, 0) is 38.1 Å². The van der Waals surface area contributed by atoms with Crippen LogP contribution in [0.15, 0.2) is 29.1 Å². The summed E-state index contributed by atoms with van der Waals surface area (Å²) in [6.45, 7) is 5.49. The summed E-state index contributed by atoms with van der Waals surface area (Å²) in [6.07, 6.45) is 0. The van der Waals surface area contributed by atoms with E-state index in [0.29, 0.717) is 53.4 Å². The number of anilines is 1. The van der Waals surface area contributed by atoms with Crippen LogP contribution in [-0.2, 0) is 16.1 Å². The average Bonchev–Trinajstić information content (AvgIpc) is 2.73. The van der Waals surface area contributed by atoms with Gasteiger partial charge in [0.05, 0.1) is 34.5 Å². The van der Waals surface area contributed by atoms with Gasteiger partial charge in [0.1, 0.15) is 18.0 Å². The largest absolute Gasteiger partial charge is 0.490 e. The van der Waals surface area contributed by atoms with Crippen molar-refractivity contribution in [2.45, 2.75) is 20.4 Å². The lowest BCUT2D eigenvalue weighted by molar-refractivity contribution is -0.137. The lowest BCUT2D eigenvalue weighted by Crippen LogP contribution is -2.28. The summed E-state index contributed by atoms with van der Waals surface area (Å²) < 4.78 is 12.3. The van der Waals surface area contributed by atoms with Crippen LogP contribution in [-0.4, -0.2) is 54.0 Å². The van der Waals surface area contributed by atoms with E-state index in [1.165, 1.54) is 4.57 Å². The highest BCUT2D eigenvalue weighted by Gasteiger charge is 2.20. The molecule has 0 amide bonds. The Morgan fingerprint density at radius 3 is 2.60 bits per heavy atom. The smallest absolute Gasteiger partial charge is 0.323 e. The first-order chi connectivity index (χ1) is 14.4. The van der Waals surface area contributed by atoms with E-state index in [-0.39, 0.29) is 16.8 Å². The van der Waals surface area contributed by atoms with Gasteiger partial charge in [-0.2, -0.15) is 0 Å². The molecule has 2 heterocycles. The first-order valence-corrected chi connectivity index (χ1v) is 10.0. The minimum absolute atomic E-state index is 0.252. The number of hydrogen-bond acceptors (Lipinski definition) is 6. The van der Waals surface area contributed by atoms with Crippen LogP contribution in [0.1, 0.15) is 13.8 Å². The fraction of sp³-hybridized carbons (Fsp3) is 0.381. The van der Waals surface area contributed by atoms with Crippen LogP contribution in [0, 0.1) is 0 Å². The second-order valence-electron chi connectivity index (χ2n) is 6.63. The van der Waals surface area contributed by atoms with Crippen molar-refractivity contribution in [3.05, 3.63) is 39.5 Å². The third kappa shape index (κ3) is 4.06. The third-order valence-electron chi connectivity index (χ3n) is 4.81. The maximum absolute atomic E-state index is 13.2. The van der Waals surface area contributed by atoms with E-state index in [2.05, 4.69) is 4.98 Å². The number of fused-ring (bicyclic) bond motifs is 2. The summed E-state index contributed by atoms with van der Waals surface area (Å²) in [5.74, 6) is -0.168. The molecule has 3 aromatic rings. The van der Waals surface area contributed by atoms with E-state index in [1.807, 2.05) is 11.8 Å².